The summed E-state index contributed by atoms with van der Waals surface area (Å²) in [5, 5.41) is 0.826. The van der Waals surface area contributed by atoms with Gasteiger partial charge in [-0.25, -0.2) is 9.11 Å². The average Bonchev–Trinajstić information content (AvgIpc) is 2.83. The van der Waals surface area contributed by atoms with Crippen molar-refractivity contribution in [2.75, 3.05) is 19.6 Å². The van der Waals surface area contributed by atoms with Gasteiger partial charge in [0.05, 0.1) is 0 Å². The summed E-state index contributed by atoms with van der Waals surface area (Å²) in [7, 11) is -3.80. The highest BCUT2D eigenvalue weighted by Crippen LogP contribution is 2.25. The molecule has 130 valence electrons. The van der Waals surface area contributed by atoms with Crippen LogP contribution >= 0.6 is 0 Å². The van der Waals surface area contributed by atoms with Crippen LogP contribution < -0.4 is 4.72 Å². The molecule has 9 heteroatoms. The SMILES string of the molecule is O=C1NS(=O)(=O)N2CCN(C(=O)c3ccc(F)c4ccccc34)CC12. The Balaban J connectivity index is 1.67. The Hall–Kier alpha value is -2.52. The molecule has 25 heavy (non-hydrogen) atoms. The standard InChI is InChI=1S/C16H14FN3O4S/c17-13-6-5-12(10-3-1-2-4-11(10)13)16(22)19-7-8-20-14(9-19)15(21)18-25(20,23)24/h1-6,14H,7-9H2,(H,18,21). The molecule has 0 spiro atoms. The first-order valence-electron chi connectivity index (χ1n) is 7.68. The molecular weight excluding hydrogens is 349 g/mol. The number of carbonyl (C=O) groups excluding carboxylic acids is 2. The largest absolute Gasteiger partial charge is 0.335 e. The van der Waals surface area contributed by atoms with Crippen LogP contribution in [0.5, 0.6) is 0 Å². The number of benzene rings is 2. The quantitative estimate of drug-likeness (QED) is 0.798. The van der Waals surface area contributed by atoms with Crippen molar-refractivity contribution in [2.45, 2.75) is 6.04 Å². The third-order valence-corrected chi connectivity index (χ3v) is 6.07. The highest BCUT2D eigenvalue weighted by Gasteiger charge is 2.47. The van der Waals surface area contributed by atoms with Crippen molar-refractivity contribution in [3.63, 3.8) is 0 Å². The lowest BCUT2D eigenvalue weighted by molar-refractivity contribution is -0.122. The van der Waals surface area contributed by atoms with Crippen LogP contribution in [0.4, 0.5) is 4.39 Å². The first kappa shape index (κ1) is 16.0. The number of nitrogens with one attached hydrogen (secondary N) is 1. The predicted octanol–water partition coefficient (Wildman–Crippen LogP) is 0.480. The van der Waals surface area contributed by atoms with Crippen LogP contribution in [-0.4, -0.2) is 55.1 Å². The molecule has 2 saturated heterocycles. The van der Waals surface area contributed by atoms with Crippen LogP contribution in [0.25, 0.3) is 10.8 Å². The van der Waals surface area contributed by atoms with Crippen molar-refractivity contribution in [3.05, 3.63) is 47.8 Å². The van der Waals surface area contributed by atoms with Crippen molar-refractivity contribution in [1.82, 2.24) is 13.9 Å². The van der Waals surface area contributed by atoms with Gasteiger partial charge in [0, 0.05) is 30.6 Å². The number of piperazine rings is 1. The zero-order valence-electron chi connectivity index (χ0n) is 13.0. The van der Waals surface area contributed by atoms with Crippen molar-refractivity contribution < 1.29 is 22.4 Å². The van der Waals surface area contributed by atoms with Crippen LogP contribution in [0.3, 0.4) is 0 Å². The number of hydrogen-bond donors (Lipinski definition) is 1. The van der Waals surface area contributed by atoms with E-state index in [2.05, 4.69) is 0 Å². The smallest absolute Gasteiger partial charge is 0.304 e. The van der Waals surface area contributed by atoms with E-state index in [-0.39, 0.29) is 25.5 Å². The summed E-state index contributed by atoms with van der Waals surface area (Å²) < 4.78 is 40.6. The molecule has 2 aromatic rings. The first-order chi connectivity index (χ1) is 11.9. The minimum atomic E-state index is -3.80. The summed E-state index contributed by atoms with van der Waals surface area (Å²) in [5.74, 6) is -1.41. The Kier molecular flexibility index (Phi) is 3.51. The van der Waals surface area contributed by atoms with Crippen molar-refractivity contribution >= 4 is 32.8 Å². The molecule has 0 saturated carbocycles. The zero-order chi connectivity index (χ0) is 17.8. The number of amides is 2. The van der Waals surface area contributed by atoms with E-state index in [0.29, 0.717) is 16.3 Å². The summed E-state index contributed by atoms with van der Waals surface area (Å²) in [6.45, 7) is 0.168. The Morgan fingerprint density at radius 3 is 2.60 bits per heavy atom. The van der Waals surface area contributed by atoms with E-state index in [0.717, 1.165) is 4.31 Å². The van der Waals surface area contributed by atoms with Gasteiger partial charge in [0.15, 0.2) is 0 Å². The molecule has 2 aliphatic heterocycles. The van der Waals surface area contributed by atoms with Crippen LogP contribution in [0.15, 0.2) is 36.4 Å². The maximum atomic E-state index is 13.9. The second kappa shape index (κ2) is 5.50. The molecule has 4 rings (SSSR count). The Labute approximate surface area is 143 Å². The zero-order valence-corrected chi connectivity index (χ0v) is 13.8. The second-order valence-corrected chi connectivity index (χ2v) is 7.61. The van der Waals surface area contributed by atoms with E-state index in [1.165, 1.54) is 17.0 Å². The Morgan fingerprint density at radius 1 is 1.12 bits per heavy atom. The lowest BCUT2D eigenvalue weighted by atomic mass is 10.0. The van der Waals surface area contributed by atoms with Crippen LogP contribution in [0.2, 0.25) is 0 Å². The molecule has 0 aromatic heterocycles. The number of hydrogen-bond acceptors (Lipinski definition) is 4. The summed E-state index contributed by atoms with van der Waals surface area (Å²) in [5.41, 5.74) is 0.326. The fourth-order valence-corrected chi connectivity index (χ4v) is 4.65. The summed E-state index contributed by atoms with van der Waals surface area (Å²) in [6.07, 6.45) is 0. The van der Waals surface area contributed by atoms with E-state index < -0.39 is 28.0 Å². The van der Waals surface area contributed by atoms with Gasteiger partial charge >= 0.3 is 10.2 Å². The van der Waals surface area contributed by atoms with E-state index in [9.17, 15) is 22.4 Å². The van der Waals surface area contributed by atoms with Crippen LogP contribution in [0.1, 0.15) is 10.4 Å². The van der Waals surface area contributed by atoms with Gasteiger partial charge in [-0.15, -0.1) is 0 Å². The minimum Gasteiger partial charge on any atom is -0.335 e. The fourth-order valence-electron chi connectivity index (χ4n) is 3.32. The number of fused-ring (bicyclic) bond motifs is 2. The Bertz CT molecular complexity index is 1010. The van der Waals surface area contributed by atoms with E-state index in [1.54, 1.807) is 24.3 Å². The molecule has 0 bridgehead atoms. The van der Waals surface area contributed by atoms with Crippen molar-refractivity contribution in [3.8, 4) is 0 Å². The molecule has 2 aromatic carbocycles. The van der Waals surface area contributed by atoms with E-state index in [4.69, 9.17) is 0 Å². The maximum absolute atomic E-state index is 13.9. The molecule has 1 atom stereocenters. The molecule has 0 radical (unpaired) electrons. The van der Waals surface area contributed by atoms with E-state index in [1.807, 2.05) is 4.72 Å². The number of carbonyl (C=O) groups is 2. The summed E-state index contributed by atoms with van der Waals surface area (Å²) >= 11 is 0. The normalized spacial score (nSPS) is 22.7. The van der Waals surface area contributed by atoms with Gasteiger partial charge in [0.25, 0.3) is 11.8 Å². The maximum Gasteiger partial charge on any atom is 0.304 e. The first-order valence-corrected chi connectivity index (χ1v) is 9.12. The molecule has 2 fully saturated rings. The third kappa shape index (κ3) is 2.47. The van der Waals surface area contributed by atoms with Gasteiger partial charge in [-0.3, -0.25) is 9.59 Å². The van der Waals surface area contributed by atoms with Crippen molar-refractivity contribution in [1.29, 1.82) is 0 Å². The summed E-state index contributed by atoms with van der Waals surface area (Å²) in [6, 6.07) is 8.38. The number of halogens is 1. The number of rotatable bonds is 1. The molecule has 7 nitrogen and oxygen atoms in total. The van der Waals surface area contributed by atoms with Crippen LogP contribution in [-0.2, 0) is 15.0 Å². The second-order valence-electron chi connectivity index (χ2n) is 5.99. The predicted molar refractivity (Wildman–Crippen MR) is 87.4 cm³/mol. The Morgan fingerprint density at radius 2 is 1.84 bits per heavy atom. The molecular formula is C16H14FN3O4S. The third-order valence-electron chi connectivity index (χ3n) is 4.56. The van der Waals surface area contributed by atoms with Gasteiger partial charge in [0.2, 0.25) is 0 Å². The summed E-state index contributed by atoms with van der Waals surface area (Å²) in [4.78, 5) is 26.2. The lowest BCUT2D eigenvalue weighted by Crippen LogP contribution is -2.54. The molecule has 1 unspecified atom stereocenters. The highest BCUT2D eigenvalue weighted by molar-refractivity contribution is 7.88. The lowest BCUT2D eigenvalue weighted by Gasteiger charge is -2.34. The molecule has 0 aliphatic carbocycles. The van der Waals surface area contributed by atoms with Gasteiger partial charge < -0.3 is 4.90 Å². The highest BCUT2D eigenvalue weighted by atomic mass is 32.2. The van der Waals surface area contributed by atoms with Gasteiger partial charge in [-0.2, -0.15) is 12.7 Å². The fraction of sp³-hybridized carbons (Fsp3) is 0.250. The van der Waals surface area contributed by atoms with Gasteiger partial charge in [-0.05, 0) is 17.5 Å². The van der Waals surface area contributed by atoms with Crippen LogP contribution in [0, 0.1) is 5.82 Å². The molecule has 2 aliphatic rings. The molecule has 2 heterocycles. The van der Waals surface area contributed by atoms with Crippen molar-refractivity contribution in [2.24, 2.45) is 0 Å². The molecule has 1 N–H and O–H groups in total. The topological polar surface area (TPSA) is 86.8 Å². The van der Waals surface area contributed by atoms with E-state index >= 15 is 0 Å². The van der Waals surface area contributed by atoms with Gasteiger partial charge in [0.1, 0.15) is 11.9 Å². The number of nitrogens with zero attached hydrogens (tertiary/aromatic N) is 2. The minimum absolute atomic E-state index is 0.0321. The molecule has 2 amide bonds. The van der Waals surface area contributed by atoms with Gasteiger partial charge in [-0.1, -0.05) is 24.3 Å². The average molecular weight is 363 g/mol. The monoisotopic (exact) mass is 363 g/mol.